The molecule has 2 aromatic heterocycles. The van der Waals surface area contributed by atoms with Crippen molar-refractivity contribution in [3.8, 4) is 6.07 Å². The molecular weight excluding hydrogens is 371 g/mol. The molecule has 9 heteroatoms. The number of nitriles is 1. The Bertz CT molecular complexity index is 811. The van der Waals surface area contributed by atoms with E-state index in [1.165, 1.54) is 6.20 Å². The Hall–Kier alpha value is -2.48. The second-order valence-corrected chi connectivity index (χ2v) is 4.87. The first-order chi connectivity index (χ1) is 9.79. The van der Waals surface area contributed by atoms with Gasteiger partial charge in [-0.1, -0.05) is 6.07 Å². The van der Waals surface area contributed by atoms with Gasteiger partial charge in [0.2, 0.25) is 5.82 Å². The van der Waals surface area contributed by atoms with Crippen LogP contribution in [-0.4, -0.2) is 30.8 Å². The van der Waals surface area contributed by atoms with Crippen LogP contribution < -0.4 is 5.32 Å². The first-order valence-electron chi connectivity index (χ1n) is 5.53. The predicted molar refractivity (Wildman–Crippen MR) is 80.2 cm³/mol. The maximum Gasteiger partial charge on any atom is 0.216 e. The smallest absolute Gasteiger partial charge is 0.216 e. The number of para-hydroxylation sites is 1. The number of nitrogens with one attached hydrogen (secondary N) is 3. The monoisotopic (exact) mass is 378 g/mol. The molecule has 0 aliphatic carbocycles. The number of tetrazole rings is 1. The molecule has 0 atom stereocenters. The zero-order valence-corrected chi connectivity index (χ0v) is 12.1. The average Bonchev–Trinajstić information content (AvgIpc) is 3.11. The van der Waals surface area contributed by atoms with E-state index in [9.17, 15) is 0 Å². The fourth-order valence-corrected chi connectivity index (χ4v) is 2.25. The lowest BCUT2D eigenvalue weighted by atomic mass is 10.2. The number of H-pyrrole nitrogens is 2. The minimum absolute atomic E-state index is 0.240. The summed E-state index contributed by atoms with van der Waals surface area (Å²) in [6.07, 6.45) is 1.53. The highest BCUT2D eigenvalue weighted by atomic mass is 127. The molecule has 3 N–H and O–H groups in total. The van der Waals surface area contributed by atoms with Crippen molar-refractivity contribution < 1.29 is 0 Å². The molecule has 20 heavy (non-hydrogen) atoms. The van der Waals surface area contributed by atoms with Crippen LogP contribution in [0.25, 0.3) is 16.5 Å². The van der Waals surface area contributed by atoms with Gasteiger partial charge >= 0.3 is 0 Å². The van der Waals surface area contributed by atoms with Crippen LogP contribution in [0.2, 0.25) is 0 Å². The van der Waals surface area contributed by atoms with Gasteiger partial charge in [0, 0.05) is 11.6 Å². The van der Waals surface area contributed by atoms with Gasteiger partial charge in [-0.15, -0.1) is 10.2 Å². The summed E-state index contributed by atoms with van der Waals surface area (Å²) in [6, 6.07) is 7.77. The fraction of sp³-hybridized carbons (Fsp3) is 0. The number of aromatic amines is 2. The number of rotatable bonds is 3. The topological polar surface area (TPSA) is 119 Å². The van der Waals surface area contributed by atoms with Crippen molar-refractivity contribution >= 4 is 44.8 Å². The van der Waals surface area contributed by atoms with Gasteiger partial charge in [-0.25, -0.2) is 0 Å². The molecule has 0 amide bonds. The second-order valence-electron chi connectivity index (χ2n) is 3.79. The minimum Gasteiger partial charge on any atom is -0.358 e. The third-order valence-electron chi connectivity index (χ3n) is 2.62. The number of hydrogen-bond donors (Lipinski definition) is 3. The first kappa shape index (κ1) is 12.5. The molecular formula is C11H7IN8. The molecule has 0 spiro atoms. The van der Waals surface area contributed by atoms with Gasteiger partial charge in [-0.05, 0) is 39.9 Å². The van der Waals surface area contributed by atoms with Gasteiger partial charge in [-0.2, -0.15) is 15.6 Å². The fourth-order valence-electron chi connectivity index (χ4n) is 1.70. The van der Waals surface area contributed by atoms with E-state index in [1.807, 2.05) is 24.3 Å². The molecule has 0 fully saturated rings. The van der Waals surface area contributed by atoms with E-state index in [0.29, 0.717) is 0 Å². The summed E-state index contributed by atoms with van der Waals surface area (Å²) in [7, 11) is 0. The number of aromatic nitrogens is 6. The maximum absolute atomic E-state index is 9.09. The zero-order chi connectivity index (χ0) is 13.9. The molecule has 2 heterocycles. The third kappa shape index (κ3) is 2.21. The molecule has 3 aromatic rings. The molecule has 0 aliphatic heterocycles. The number of hydrogen-bond acceptors (Lipinski definition) is 6. The van der Waals surface area contributed by atoms with Gasteiger partial charge in [0.15, 0.2) is 0 Å². The lowest BCUT2D eigenvalue weighted by Crippen LogP contribution is -1.93. The Kier molecular flexibility index (Phi) is 3.30. The van der Waals surface area contributed by atoms with E-state index in [-0.39, 0.29) is 11.4 Å². The van der Waals surface area contributed by atoms with Crippen LogP contribution in [0, 0.1) is 15.0 Å². The van der Waals surface area contributed by atoms with E-state index < -0.39 is 0 Å². The van der Waals surface area contributed by atoms with Crippen molar-refractivity contribution in [3.05, 3.63) is 33.9 Å². The van der Waals surface area contributed by atoms with Crippen molar-refractivity contribution in [2.45, 2.75) is 0 Å². The normalized spacial score (nSPS) is 11.5. The Balaban J connectivity index is 1.96. The SMILES string of the molecule is N#CC(=CNc1cccc2c(I)[nH]nc12)c1nn[nH]n1. The summed E-state index contributed by atoms with van der Waals surface area (Å²) < 4.78 is 0.962. The molecule has 0 bridgehead atoms. The summed E-state index contributed by atoms with van der Waals surface area (Å²) >= 11 is 2.18. The lowest BCUT2D eigenvalue weighted by Gasteiger charge is -2.01. The number of fused-ring (bicyclic) bond motifs is 1. The van der Waals surface area contributed by atoms with E-state index in [2.05, 4.69) is 58.7 Å². The number of benzene rings is 1. The first-order valence-corrected chi connectivity index (χ1v) is 6.60. The zero-order valence-electron chi connectivity index (χ0n) is 9.92. The van der Waals surface area contributed by atoms with Gasteiger partial charge in [-0.3, -0.25) is 5.10 Å². The number of halogens is 1. The molecule has 0 aliphatic rings. The van der Waals surface area contributed by atoms with Crippen molar-refractivity contribution in [2.75, 3.05) is 5.32 Å². The van der Waals surface area contributed by atoms with E-state index >= 15 is 0 Å². The van der Waals surface area contributed by atoms with Crippen molar-refractivity contribution in [2.24, 2.45) is 0 Å². The molecule has 3 rings (SSSR count). The molecule has 0 unspecified atom stereocenters. The van der Waals surface area contributed by atoms with Crippen molar-refractivity contribution in [1.82, 2.24) is 30.8 Å². The van der Waals surface area contributed by atoms with Crippen LogP contribution in [-0.2, 0) is 0 Å². The van der Waals surface area contributed by atoms with Crippen LogP contribution in [0.1, 0.15) is 5.82 Å². The quantitative estimate of drug-likeness (QED) is 0.471. The van der Waals surface area contributed by atoms with Crippen LogP contribution >= 0.6 is 22.6 Å². The molecule has 1 aromatic carbocycles. The van der Waals surface area contributed by atoms with Gasteiger partial charge in [0.05, 0.1) is 5.69 Å². The van der Waals surface area contributed by atoms with Crippen LogP contribution in [0.3, 0.4) is 0 Å². The molecule has 8 nitrogen and oxygen atoms in total. The van der Waals surface area contributed by atoms with Crippen LogP contribution in [0.4, 0.5) is 5.69 Å². The van der Waals surface area contributed by atoms with Crippen molar-refractivity contribution in [1.29, 1.82) is 5.26 Å². The predicted octanol–water partition coefficient (Wildman–Crippen LogP) is 1.66. The highest BCUT2D eigenvalue weighted by Crippen LogP contribution is 2.25. The third-order valence-corrected chi connectivity index (χ3v) is 3.44. The van der Waals surface area contributed by atoms with Gasteiger partial charge in [0.25, 0.3) is 0 Å². The van der Waals surface area contributed by atoms with Crippen LogP contribution in [0.15, 0.2) is 24.4 Å². The molecule has 98 valence electrons. The highest BCUT2D eigenvalue weighted by molar-refractivity contribution is 14.1. The standard InChI is InChI=1S/C11H7IN8/c12-10-7-2-1-3-8(9(7)15-16-10)14-5-6(4-13)11-17-19-20-18-11/h1-3,5,14H,(H,15,16)(H,17,18,19,20). The van der Waals surface area contributed by atoms with Crippen molar-refractivity contribution in [3.63, 3.8) is 0 Å². The summed E-state index contributed by atoms with van der Waals surface area (Å²) in [6.45, 7) is 0. The Morgan fingerprint density at radius 3 is 3.05 bits per heavy atom. The van der Waals surface area contributed by atoms with E-state index in [1.54, 1.807) is 0 Å². The lowest BCUT2D eigenvalue weighted by molar-refractivity contribution is 0.881. The Labute approximate surface area is 126 Å². The molecule has 0 radical (unpaired) electrons. The van der Waals surface area contributed by atoms with Gasteiger partial charge < -0.3 is 5.32 Å². The molecule has 0 saturated carbocycles. The highest BCUT2D eigenvalue weighted by Gasteiger charge is 2.08. The number of allylic oxidation sites excluding steroid dienone is 1. The Morgan fingerprint density at radius 1 is 1.40 bits per heavy atom. The van der Waals surface area contributed by atoms with Crippen LogP contribution in [0.5, 0.6) is 0 Å². The average molecular weight is 378 g/mol. The van der Waals surface area contributed by atoms with Gasteiger partial charge in [0.1, 0.15) is 20.9 Å². The minimum atomic E-state index is 0.240. The van der Waals surface area contributed by atoms with E-state index in [0.717, 1.165) is 20.3 Å². The van der Waals surface area contributed by atoms with E-state index in [4.69, 9.17) is 5.26 Å². The second kappa shape index (κ2) is 5.25. The number of anilines is 1. The summed E-state index contributed by atoms with van der Waals surface area (Å²) in [5.41, 5.74) is 1.87. The number of nitrogens with zero attached hydrogens (tertiary/aromatic N) is 5. The summed E-state index contributed by atoms with van der Waals surface area (Å²) in [5, 5.41) is 33.6. The molecule has 0 saturated heterocycles. The summed E-state index contributed by atoms with van der Waals surface area (Å²) in [4.78, 5) is 0. The largest absolute Gasteiger partial charge is 0.358 e. The Morgan fingerprint density at radius 2 is 2.30 bits per heavy atom. The maximum atomic E-state index is 9.09. The summed E-state index contributed by atoms with van der Waals surface area (Å²) in [5.74, 6) is 0.240.